The van der Waals surface area contributed by atoms with Crippen LogP contribution in [0.4, 0.5) is 0 Å². The van der Waals surface area contributed by atoms with E-state index in [-0.39, 0.29) is 24.8 Å². The van der Waals surface area contributed by atoms with Gasteiger partial charge in [-0.15, -0.1) is 0 Å². The molecule has 0 saturated carbocycles. The summed E-state index contributed by atoms with van der Waals surface area (Å²) in [5, 5.41) is 0. The molecule has 0 radical (unpaired) electrons. The van der Waals surface area contributed by atoms with Crippen molar-refractivity contribution in [1.82, 2.24) is 0 Å². The highest BCUT2D eigenvalue weighted by Gasteiger charge is 2.18. The Morgan fingerprint density at radius 2 is 2.50 bits per heavy atom. The van der Waals surface area contributed by atoms with Gasteiger partial charge in [0.1, 0.15) is 6.42 Å². The van der Waals surface area contributed by atoms with E-state index in [1.165, 1.54) is 0 Å². The van der Waals surface area contributed by atoms with E-state index in [0.717, 1.165) is 0 Å². The molecule has 0 fully saturated rings. The van der Waals surface area contributed by atoms with Crippen molar-refractivity contribution in [2.45, 2.75) is 13.3 Å². The number of amides is 1. The number of rotatable bonds is 3. The molecule has 5 heteroatoms. The second kappa shape index (κ2) is 3.85. The van der Waals surface area contributed by atoms with Crippen LogP contribution in [-0.2, 0) is 19.1 Å². The number of carbonyl (C=O) groups is 2. The molecule has 66 valence electrons. The minimum absolute atomic E-state index is 0.0560. The fourth-order valence-electron chi connectivity index (χ4n) is 0.775. The van der Waals surface area contributed by atoms with E-state index in [0.29, 0.717) is 6.61 Å². The summed E-state index contributed by atoms with van der Waals surface area (Å²) >= 11 is 0. The Morgan fingerprint density at radius 1 is 1.75 bits per heavy atom. The molecule has 0 aromatic carbocycles. The zero-order chi connectivity index (χ0) is 8.97. The van der Waals surface area contributed by atoms with Crippen LogP contribution in [0.3, 0.4) is 0 Å². The van der Waals surface area contributed by atoms with Crippen molar-refractivity contribution < 1.29 is 19.1 Å². The minimum atomic E-state index is -0.425. The van der Waals surface area contributed by atoms with Crippen LogP contribution in [0.25, 0.3) is 0 Å². The van der Waals surface area contributed by atoms with Gasteiger partial charge >= 0.3 is 5.97 Å². The Morgan fingerprint density at radius 3 is 3.00 bits per heavy atom. The van der Waals surface area contributed by atoms with E-state index >= 15 is 0 Å². The van der Waals surface area contributed by atoms with Gasteiger partial charge in [0.05, 0.1) is 6.61 Å². The van der Waals surface area contributed by atoms with Gasteiger partial charge in [0.2, 0.25) is 5.90 Å². The van der Waals surface area contributed by atoms with E-state index in [1.54, 1.807) is 6.92 Å². The minimum Gasteiger partial charge on any atom is -0.470 e. The van der Waals surface area contributed by atoms with Crippen LogP contribution in [0, 0.1) is 0 Å². The lowest BCUT2D eigenvalue weighted by Gasteiger charge is -2.00. The van der Waals surface area contributed by atoms with Gasteiger partial charge in [0.25, 0.3) is 5.91 Å². The summed E-state index contributed by atoms with van der Waals surface area (Å²) in [5.74, 6) is -0.626. The van der Waals surface area contributed by atoms with Crippen molar-refractivity contribution in [3.05, 3.63) is 0 Å². The predicted octanol–water partition coefficient (Wildman–Crippen LogP) is -0.105. The summed E-state index contributed by atoms with van der Waals surface area (Å²) in [4.78, 5) is 24.8. The number of aliphatic imine (C=N–C) groups is 1. The standard InChI is InChI=1S/C7H9NO4/c1-2-11-7(10)3-6-8-5(9)4-12-6/h2-4H2,1H3. The fraction of sp³-hybridized carbons (Fsp3) is 0.571. The molecule has 12 heavy (non-hydrogen) atoms. The molecule has 0 aromatic rings. The van der Waals surface area contributed by atoms with Crippen LogP contribution in [0.5, 0.6) is 0 Å². The Hall–Kier alpha value is -1.39. The van der Waals surface area contributed by atoms with Crippen molar-refractivity contribution in [2.24, 2.45) is 4.99 Å². The molecule has 0 spiro atoms. The molecule has 5 nitrogen and oxygen atoms in total. The topological polar surface area (TPSA) is 65.0 Å². The van der Waals surface area contributed by atoms with E-state index < -0.39 is 5.97 Å². The molecule has 0 atom stereocenters. The van der Waals surface area contributed by atoms with Crippen LogP contribution in [-0.4, -0.2) is 31.0 Å². The van der Waals surface area contributed by atoms with Crippen molar-refractivity contribution in [3.8, 4) is 0 Å². The van der Waals surface area contributed by atoms with Crippen LogP contribution in [0.1, 0.15) is 13.3 Å². The Labute approximate surface area is 69.4 Å². The van der Waals surface area contributed by atoms with Crippen LogP contribution < -0.4 is 0 Å². The average Bonchev–Trinajstić information content (AvgIpc) is 2.36. The molecule has 0 aromatic heterocycles. The molecular weight excluding hydrogens is 162 g/mol. The second-order valence-electron chi connectivity index (χ2n) is 2.17. The lowest BCUT2D eigenvalue weighted by Crippen LogP contribution is -2.11. The monoisotopic (exact) mass is 171 g/mol. The third-order valence-corrected chi connectivity index (χ3v) is 1.21. The summed E-state index contributed by atoms with van der Waals surface area (Å²) in [6.07, 6.45) is -0.0560. The summed E-state index contributed by atoms with van der Waals surface area (Å²) in [6, 6.07) is 0. The molecule has 1 aliphatic heterocycles. The van der Waals surface area contributed by atoms with Gasteiger partial charge in [-0.25, -0.2) is 0 Å². The van der Waals surface area contributed by atoms with Gasteiger partial charge in [-0.1, -0.05) is 0 Å². The number of ether oxygens (including phenoxy) is 2. The van der Waals surface area contributed by atoms with Crippen molar-refractivity contribution in [3.63, 3.8) is 0 Å². The average molecular weight is 171 g/mol. The Bertz CT molecular complexity index is 234. The van der Waals surface area contributed by atoms with E-state index in [1.807, 2.05) is 0 Å². The van der Waals surface area contributed by atoms with Gasteiger partial charge in [-0.3, -0.25) is 9.59 Å². The number of carbonyl (C=O) groups excluding carboxylic acids is 2. The first-order valence-corrected chi connectivity index (χ1v) is 3.61. The first kappa shape index (κ1) is 8.70. The molecular formula is C7H9NO4. The Kier molecular flexibility index (Phi) is 2.79. The van der Waals surface area contributed by atoms with E-state index in [4.69, 9.17) is 4.74 Å². The normalized spacial score (nSPS) is 15.4. The van der Waals surface area contributed by atoms with Crippen molar-refractivity contribution >= 4 is 17.8 Å². The first-order valence-electron chi connectivity index (χ1n) is 3.61. The number of hydrogen-bond acceptors (Lipinski definition) is 4. The highest BCUT2D eigenvalue weighted by molar-refractivity contribution is 6.03. The molecule has 1 heterocycles. The molecule has 0 bridgehead atoms. The Balaban J connectivity index is 2.36. The summed E-state index contributed by atoms with van der Waals surface area (Å²) in [5.41, 5.74) is 0. The lowest BCUT2D eigenvalue weighted by molar-refractivity contribution is -0.141. The molecule has 0 unspecified atom stereocenters. The molecule has 0 saturated heterocycles. The summed E-state index contributed by atoms with van der Waals surface area (Å²) in [7, 11) is 0. The molecule has 1 amide bonds. The second-order valence-corrected chi connectivity index (χ2v) is 2.17. The third-order valence-electron chi connectivity index (χ3n) is 1.21. The van der Waals surface area contributed by atoms with Crippen molar-refractivity contribution in [2.75, 3.05) is 13.2 Å². The quantitative estimate of drug-likeness (QED) is 0.556. The van der Waals surface area contributed by atoms with Gasteiger partial charge < -0.3 is 9.47 Å². The van der Waals surface area contributed by atoms with Gasteiger partial charge in [0.15, 0.2) is 6.61 Å². The maximum atomic E-state index is 10.8. The number of esters is 1. The van der Waals surface area contributed by atoms with Crippen LogP contribution in [0.2, 0.25) is 0 Å². The zero-order valence-electron chi connectivity index (χ0n) is 6.70. The largest absolute Gasteiger partial charge is 0.470 e. The van der Waals surface area contributed by atoms with Gasteiger partial charge in [-0.2, -0.15) is 4.99 Å². The smallest absolute Gasteiger partial charge is 0.315 e. The van der Waals surface area contributed by atoms with Crippen LogP contribution in [0.15, 0.2) is 4.99 Å². The molecule has 1 rings (SSSR count). The molecule has 0 aliphatic carbocycles. The predicted molar refractivity (Wildman–Crippen MR) is 39.6 cm³/mol. The maximum Gasteiger partial charge on any atom is 0.315 e. The molecule has 0 N–H and O–H groups in total. The number of hydrogen-bond donors (Lipinski definition) is 0. The summed E-state index contributed by atoms with van der Waals surface area (Å²) < 4.78 is 9.41. The lowest BCUT2D eigenvalue weighted by atomic mass is 10.4. The van der Waals surface area contributed by atoms with E-state index in [9.17, 15) is 9.59 Å². The SMILES string of the molecule is CCOC(=O)CC1=NC(=O)CO1. The van der Waals surface area contributed by atoms with E-state index in [2.05, 4.69) is 9.73 Å². The number of nitrogens with zero attached hydrogens (tertiary/aromatic N) is 1. The highest BCUT2D eigenvalue weighted by atomic mass is 16.5. The third kappa shape index (κ3) is 2.34. The molecule has 1 aliphatic rings. The maximum absolute atomic E-state index is 10.8. The van der Waals surface area contributed by atoms with Crippen molar-refractivity contribution in [1.29, 1.82) is 0 Å². The van der Waals surface area contributed by atoms with Gasteiger partial charge in [-0.05, 0) is 6.92 Å². The first-order chi connectivity index (χ1) is 5.72. The summed E-state index contributed by atoms with van der Waals surface area (Å²) in [6.45, 7) is 1.97. The zero-order valence-corrected chi connectivity index (χ0v) is 6.70. The van der Waals surface area contributed by atoms with Gasteiger partial charge in [0, 0.05) is 0 Å². The highest BCUT2D eigenvalue weighted by Crippen LogP contribution is 2.01. The van der Waals surface area contributed by atoms with Crippen LogP contribution >= 0.6 is 0 Å². The fourth-order valence-corrected chi connectivity index (χ4v) is 0.775.